The first kappa shape index (κ1) is 14.2. The number of nitrogens with two attached hydrogens (primary N) is 1. The average Bonchev–Trinajstić information content (AvgIpc) is 2.94. The molecular formula is C13H8Br3NS2. The van der Waals surface area contributed by atoms with Gasteiger partial charge in [0.15, 0.2) is 0 Å². The van der Waals surface area contributed by atoms with Crippen LogP contribution in [-0.4, -0.2) is 0 Å². The normalized spacial score (nSPS) is 13.1. The van der Waals surface area contributed by atoms with E-state index in [1.54, 1.807) is 22.7 Å². The summed E-state index contributed by atoms with van der Waals surface area (Å²) in [4.78, 5) is 1.15. The molecule has 2 aromatic heterocycles. The van der Waals surface area contributed by atoms with Crippen LogP contribution in [0.1, 0.15) is 16.5 Å². The average molecular weight is 482 g/mol. The standard InChI is InChI=1S/C13H8Br3NS2/c14-8-3-1-2-6-7(5-18-12(6)8)11(17)10-4-9(15)13(16)19-10/h1-5,11H,17H2. The highest BCUT2D eigenvalue weighted by Crippen LogP contribution is 2.40. The molecule has 6 heteroatoms. The van der Waals surface area contributed by atoms with Crippen molar-refractivity contribution in [2.45, 2.75) is 6.04 Å². The lowest BCUT2D eigenvalue weighted by molar-refractivity contribution is 0.907. The largest absolute Gasteiger partial charge is 0.320 e. The minimum Gasteiger partial charge on any atom is -0.320 e. The van der Waals surface area contributed by atoms with Gasteiger partial charge in [0.25, 0.3) is 0 Å². The minimum atomic E-state index is -0.0874. The Balaban J connectivity index is 2.11. The zero-order valence-electron chi connectivity index (χ0n) is 9.49. The van der Waals surface area contributed by atoms with Crippen molar-refractivity contribution in [2.75, 3.05) is 0 Å². The second kappa shape index (κ2) is 5.58. The van der Waals surface area contributed by atoms with Crippen LogP contribution in [0.5, 0.6) is 0 Å². The Kier molecular flexibility index (Phi) is 4.18. The summed E-state index contributed by atoms with van der Waals surface area (Å²) in [6, 6.07) is 8.24. The zero-order valence-corrected chi connectivity index (χ0v) is 15.9. The predicted octanol–water partition coefficient (Wildman–Crippen LogP) is 6.30. The molecule has 0 aliphatic rings. The van der Waals surface area contributed by atoms with Gasteiger partial charge in [-0.05, 0) is 76.3 Å². The van der Waals surface area contributed by atoms with Gasteiger partial charge < -0.3 is 5.73 Å². The SMILES string of the molecule is NC(c1cc(Br)c(Br)s1)c1csc2c(Br)cccc12. The number of halogens is 3. The Morgan fingerprint density at radius 3 is 2.58 bits per heavy atom. The summed E-state index contributed by atoms with van der Waals surface area (Å²) in [5.74, 6) is 0. The molecule has 98 valence electrons. The van der Waals surface area contributed by atoms with Crippen LogP contribution in [0.25, 0.3) is 10.1 Å². The van der Waals surface area contributed by atoms with Crippen molar-refractivity contribution in [1.82, 2.24) is 0 Å². The third-order valence-corrected chi connectivity index (χ3v) is 8.20. The van der Waals surface area contributed by atoms with Gasteiger partial charge in [-0.2, -0.15) is 0 Å². The highest BCUT2D eigenvalue weighted by molar-refractivity contribution is 9.13. The van der Waals surface area contributed by atoms with Gasteiger partial charge in [0.1, 0.15) is 0 Å². The second-order valence-electron chi connectivity index (χ2n) is 4.06. The molecule has 3 aromatic rings. The van der Waals surface area contributed by atoms with E-state index in [9.17, 15) is 0 Å². The van der Waals surface area contributed by atoms with Crippen molar-refractivity contribution in [2.24, 2.45) is 5.73 Å². The number of fused-ring (bicyclic) bond motifs is 1. The first-order valence-electron chi connectivity index (χ1n) is 5.44. The van der Waals surface area contributed by atoms with Crippen LogP contribution in [0.3, 0.4) is 0 Å². The fourth-order valence-corrected chi connectivity index (χ4v) is 5.72. The molecule has 0 fully saturated rings. The topological polar surface area (TPSA) is 26.0 Å². The molecular weight excluding hydrogens is 474 g/mol. The number of thiophene rings is 2. The second-order valence-corrected chi connectivity index (χ2v) is 9.05. The van der Waals surface area contributed by atoms with Gasteiger partial charge in [-0.1, -0.05) is 12.1 Å². The van der Waals surface area contributed by atoms with Gasteiger partial charge in [-0.3, -0.25) is 0 Å². The summed E-state index contributed by atoms with van der Waals surface area (Å²) < 4.78 is 4.52. The van der Waals surface area contributed by atoms with Crippen molar-refractivity contribution >= 4 is 80.5 Å². The van der Waals surface area contributed by atoms with Gasteiger partial charge in [0.05, 0.1) is 9.83 Å². The number of benzene rings is 1. The molecule has 0 saturated carbocycles. The molecule has 0 radical (unpaired) electrons. The number of hydrogen-bond acceptors (Lipinski definition) is 3. The fourth-order valence-electron chi connectivity index (χ4n) is 1.95. The van der Waals surface area contributed by atoms with E-state index in [1.165, 1.54) is 15.6 Å². The van der Waals surface area contributed by atoms with E-state index in [1.807, 2.05) is 0 Å². The van der Waals surface area contributed by atoms with Gasteiger partial charge in [0.2, 0.25) is 0 Å². The molecule has 2 N–H and O–H groups in total. The molecule has 1 atom stereocenters. The third-order valence-electron chi connectivity index (χ3n) is 2.89. The highest BCUT2D eigenvalue weighted by Gasteiger charge is 2.18. The maximum atomic E-state index is 6.42. The molecule has 0 spiro atoms. The van der Waals surface area contributed by atoms with Gasteiger partial charge in [0, 0.05) is 18.5 Å². The lowest BCUT2D eigenvalue weighted by atomic mass is 10.1. The van der Waals surface area contributed by atoms with Crippen molar-refractivity contribution in [3.05, 3.63) is 52.8 Å². The van der Waals surface area contributed by atoms with E-state index in [0.29, 0.717) is 0 Å². The summed E-state index contributed by atoms with van der Waals surface area (Å²) >= 11 is 14.0. The molecule has 2 heterocycles. The molecule has 0 bridgehead atoms. The van der Waals surface area contributed by atoms with Crippen molar-refractivity contribution in [3.63, 3.8) is 0 Å². The van der Waals surface area contributed by atoms with Gasteiger partial charge in [-0.25, -0.2) is 0 Å². The Morgan fingerprint density at radius 1 is 1.11 bits per heavy atom. The minimum absolute atomic E-state index is 0.0874. The summed E-state index contributed by atoms with van der Waals surface area (Å²) in [6.45, 7) is 0. The summed E-state index contributed by atoms with van der Waals surface area (Å²) in [7, 11) is 0. The monoisotopic (exact) mass is 479 g/mol. The molecule has 0 aliphatic carbocycles. The molecule has 1 unspecified atom stereocenters. The zero-order chi connectivity index (χ0) is 13.6. The van der Waals surface area contributed by atoms with Crippen LogP contribution in [-0.2, 0) is 0 Å². The third kappa shape index (κ3) is 2.59. The number of hydrogen-bond donors (Lipinski definition) is 1. The van der Waals surface area contributed by atoms with Crippen LogP contribution < -0.4 is 5.73 Å². The van der Waals surface area contributed by atoms with E-state index < -0.39 is 0 Å². The highest BCUT2D eigenvalue weighted by atomic mass is 79.9. The summed E-state index contributed by atoms with van der Waals surface area (Å²) in [5.41, 5.74) is 7.60. The first-order chi connectivity index (χ1) is 9.08. The Hall–Kier alpha value is 0.280. The van der Waals surface area contributed by atoms with Crippen molar-refractivity contribution in [3.8, 4) is 0 Å². The Labute approximate surface area is 144 Å². The first-order valence-corrected chi connectivity index (χ1v) is 9.51. The van der Waals surface area contributed by atoms with E-state index in [4.69, 9.17) is 5.73 Å². The fraction of sp³-hybridized carbons (Fsp3) is 0.0769. The smallest absolute Gasteiger partial charge is 0.0843 e. The van der Waals surface area contributed by atoms with Crippen LogP contribution in [0.2, 0.25) is 0 Å². The van der Waals surface area contributed by atoms with E-state index in [2.05, 4.69) is 77.4 Å². The molecule has 0 saturated heterocycles. The van der Waals surface area contributed by atoms with Crippen molar-refractivity contribution < 1.29 is 0 Å². The van der Waals surface area contributed by atoms with Crippen molar-refractivity contribution in [1.29, 1.82) is 0 Å². The lowest BCUT2D eigenvalue weighted by Gasteiger charge is -2.08. The van der Waals surface area contributed by atoms with E-state index in [-0.39, 0.29) is 6.04 Å². The molecule has 3 rings (SSSR count). The van der Waals surface area contributed by atoms with Crippen LogP contribution in [0, 0.1) is 0 Å². The summed E-state index contributed by atoms with van der Waals surface area (Å²) in [5, 5.41) is 3.38. The molecule has 0 amide bonds. The lowest BCUT2D eigenvalue weighted by Crippen LogP contribution is -2.09. The Bertz CT molecular complexity index is 728. The molecule has 19 heavy (non-hydrogen) atoms. The Morgan fingerprint density at radius 2 is 1.89 bits per heavy atom. The van der Waals surface area contributed by atoms with Gasteiger partial charge in [-0.15, -0.1) is 22.7 Å². The molecule has 0 aliphatic heterocycles. The van der Waals surface area contributed by atoms with Gasteiger partial charge >= 0.3 is 0 Å². The maximum Gasteiger partial charge on any atom is 0.0843 e. The predicted molar refractivity (Wildman–Crippen MR) is 95.3 cm³/mol. The number of rotatable bonds is 2. The maximum absolute atomic E-state index is 6.42. The van der Waals surface area contributed by atoms with Crippen LogP contribution >= 0.6 is 70.5 Å². The summed E-state index contributed by atoms with van der Waals surface area (Å²) in [6.07, 6.45) is 0. The van der Waals surface area contributed by atoms with E-state index >= 15 is 0 Å². The van der Waals surface area contributed by atoms with E-state index in [0.717, 1.165) is 17.6 Å². The molecule has 1 nitrogen and oxygen atoms in total. The quantitative estimate of drug-likeness (QED) is 0.456. The van der Waals surface area contributed by atoms with Crippen LogP contribution in [0.4, 0.5) is 0 Å². The molecule has 1 aromatic carbocycles. The van der Waals surface area contributed by atoms with Crippen LogP contribution in [0.15, 0.2) is 42.4 Å².